The van der Waals surface area contributed by atoms with Gasteiger partial charge in [-0.15, -0.1) is 0 Å². The second-order valence-corrected chi connectivity index (χ2v) is 5.01. The molecular weight excluding hydrogens is 254 g/mol. The van der Waals surface area contributed by atoms with Gasteiger partial charge in [-0.2, -0.15) is 0 Å². The first kappa shape index (κ1) is 14.5. The first-order chi connectivity index (χ1) is 8.27. The molecule has 1 aromatic carbocycles. The summed E-state index contributed by atoms with van der Waals surface area (Å²) >= 11 is 5.88. The van der Waals surface area contributed by atoms with E-state index in [1.807, 2.05) is 0 Å². The molecule has 0 heterocycles. The molecule has 0 fully saturated rings. The van der Waals surface area contributed by atoms with Gasteiger partial charge < -0.3 is 16.8 Å². The van der Waals surface area contributed by atoms with Crippen molar-refractivity contribution in [3.63, 3.8) is 0 Å². The minimum atomic E-state index is -0.672. The van der Waals surface area contributed by atoms with E-state index in [0.717, 1.165) is 0 Å². The van der Waals surface area contributed by atoms with Crippen LogP contribution in [0.25, 0.3) is 0 Å². The van der Waals surface area contributed by atoms with Crippen LogP contribution in [0.4, 0.5) is 5.69 Å². The van der Waals surface area contributed by atoms with Gasteiger partial charge >= 0.3 is 0 Å². The second-order valence-electron chi connectivity index (χ2n) is 4.60. The van der Waals surface area contributed by atoms with Crippen LogP contribution in [0.1, 0.15) is 24.2 Å². The number of hydrogen-bond donors (Lipinski definition) is 3. The Labute approximate surface area is 110 Å². The monoisotopic (exact) mass is 269 g/mol. The van der Waals surface area contributed by atoms with Crippen molar-refractivity contribution in [2.45, 2.75) is 13.8 Å². The van der Waals surface area contributed by atoms with Gasteiger partial charge in [-0.3, -0.25) is 9.59 Å². The number of carbonyl (C=O) groups excluding carboxylic acids is 2. The number of hydrogen-bond acceptors (Lipinski definition) is 3. The molecule has 0 aliphatic carbocycles. The van der Waals surface area contributed by atoms with Crippen LogP contribution >= 0.6 is 11.6 Å². The molecule has 5 N–H and O–H groups in total. The number of rotatable bonds is 4. The molecule has 0 unspecified atom stereocenters. The summed E-state index contributed by atoms with van der Waals surface area (Å²) in [5.41, 5.74) is 10.7. The quantitative estimate of drug-likeness (QED) is 0.770. The first-order valence-electron chi connectivity index (χ1n) is 5.39. The Morgan fingerprint density at radius 1 is 1.39 bits per heavy atom. The van der Waals surface area contributed by atoms with Crippen molar-refractivity contribution in [3.05, 3.63) is 28.8 Å². The van der Waals surface area contributed by atoms with Crippen molar-refractivity contribution in [1.29, 1.82) is 0 Å². The molecule has 0 aromatic heterocycles. The van der Waals surface area contributed by atoms with Crippen molar-refractivity contribution in [2.24, 2.45) is 16.9 Å². The standard InChI is InChI=1S/C12H16ClN3O2/c1-12(2,6-14)11(18)16-7-3-4-8(10(15)17)9(13)5-7/h3-5H,6,14H2,1-2H3,(H2,15,17)(H,16,18). The fourth-order valence-electron chi connectivity index (χ4n) is 1.19. The SMILES string of the molecule is CC(C)(CN)C(=O)Nc1ccc(C(N)=O)c(Cl)c1. The van der Waals surface area contributed by atoms with Gasteiger partial charge in [0.25, 0.3) is 0 Å². The predicted molar refractivity (Wildman–Crippen MR) is 71.4 cm³/mol. The zero-order chi connectivity index (χ0) is 13.9. The molecule has 18 heavy (non-hydrogen) atoms. The average molecular weight is 270 g/mol. The molecule has 0 saturated heterocycles. The van der Waals surface area contributed by atoms with Crippen molar-refractivity contribution < 1.29 is 9.59 Å². The summed E-state index contributed by atoms with van der Waals surface area (Å²) in [5.74, 6) is -0.826. The van der Waals surface area contributed by atoms with Gasteiger partial charge in [0.15, 0.2) is 0 Å². The maximum absolute atomic E-state index is 11.9. The van der Waals surface area contributed by atoms with Gasteiger partial charge in [-0.25, -0.2) is 0 Å². The zero-order valence-corrected chi connectivity index (χ0v) is 11.0. The molecule has 1 aromatic rings. The summed E-state index contributed by atoms with van der Waals surface area (Å²) in [6.07, 6.45) is 0. The minimum Gasteiger partial charge on any atom is -0.366 e. The summed E-state index contributed by atoms with van der Waals surface area (Å²) < 4.78 is 0. The summed E-state index contributed by atoms with van der Waals surface area (Å²) in [7, 11) is 0. The third-order valence-corrected chi connectivity index (χ3v) is 2.93. The number of nitrogens with one attached hydrogen (secondary N) is 1. The summed E-state index contributed by atoms with van der Waals surface area (Å²) in [6.45, 7) is 3.70. The highest BCUT2D eigenvalue weighted by Gasteiger charge is 2.25. The fourth-order valence-corrected chi connectivity index (χ4v) is 1.46. The molecule has 5 nitrogen and oxygen atoms in total. The highest BCUT2D eigenvalue weighted by molar-refractivity contribution is 6.34. The smallest absolute Gasteiger partial charge is 0.250 e. The lowest BCUT2D eigenvalue weighted by Crippen LogP contribution is -2.37. The van der Waals surface area contributed by atoms with Crippen LogP contribution in [0.15, 0.2) is 18.2 Å². The molecule has 1 rings (SSSR count). The average Bonchev–Trinajstić information content (AvgIpc) is 2.28. The molecule has 0 bridgehead atoms. The lowest BCUT2D eigenvalue weighted by Gasteiger charge is -2.21. The Balaban J connectivity index is 2.91. The Morgan fingerprint density at radius 3 is 2.44 bits per heavy atom. The molecule has 98 valence electrons. The molecule has 6 heteroatoms. The molecule has 0 atom stereocenters. The number of amides is 2. The lowest BCUT2D eigenvalue weighted by atomic mass is 9.92. The van der Waals surface area contributed by atoms with Crippen molar-refractivity contribution in [3.8, 4) is 0 Å². The molecule has 2 amide bonds. The summed E-state index contributed by atoms with van der Waals surface area (Å²) in [4.78, 5) is 22.9. The number of benzene rings is 1. The number of primary amides is 1. The molecule has 0 spiro atoms. The van der Waals surface area contributed by atoms with Crippen molar-refractivity contribution >= 4 is 29.1 Å². The molecular formula is C12H16ClN3O2. The van der Waals surface area contributed by atoms with Crippen LogP contribution in [-0.4, -0.2) is 18.4 Å². The number of carbonyl (C=O) groups is 2. The van der Waals surface area contributed by atoms with Gasteiger partial charge in [-0.1, -0.05) is 11.6 Å². The highest BCUT2D eigenvalue weighted by atomic mass is 35.5. The normalized spacial score (nSPS) is 11.1. The number of anilines is 1. The van der Waals surface area contributed by atoms with Crippen LogP contribution < -0.4 is 16.8 Å². The van der Waals surface area contributed by atoms with E-state index in [9.17, 15) is 9.59 Å². The van der Waals surface area contributed by atoms with E-state index in [-0.39, 0.29) is 23.0 Å². The number of nitrogens with two attached hydrogens (primary N) is 2. The van der Waals surface area contributed by atoms with Gasteiger partial charge in [0.1, 0.15) is 0 Å². The van der Waals surface area contributed by atoms with E-state index < -0.39 is 11.3 Å². The van der Waals surface area contributed by atoms with Crippen LogP contribution in [0.3, 0.4) is 0 Å². The van der Waals surface area contributed by atoms with Gasteiger partial charge in [0.2, 0.25) is 11.8 Å². The Morgan fingerprint density at radius 2 is 2.00 bits per heavy atom. The maximum Gasteiger partial charge on any atom is 0.250 e. The molecule has 0 aliphatic rings. The summed E-state index contributed by atoms with van der Waals surface area (Å²) in [5, 5.41) is 2.88. The van der Waals surface area contributed by atoms with Crippen molar-refractivity contribution in [1.82, 2.24) is 0 Å². The number of halogens is 1. The Kier molecular flexibility index (Phi) is 4.32. The zero-order valence-electron chi connectivity index (χ0n) is 10.3. The minimum absolute atomic E-state index is 0.200. The second kappa shape index (κ2) is 5.37. The van der Waals surface area contributed by atoms with Gasteiger partial charge in [0.05, 0.1) is 16.0 Å². The van der Waals surface area contributed by atoms with E-state index >= 15 is 0 Å². The maximum atomic E-state index is 11.9. The van der Waals surface area contributed by atoms with E-state index in [4.69, 9.17) is 23.1 Å². The van der Waals surface area contributed by atoms with Crippen LogP contribution in [-0.2, 0) is 4.79 Å². The molecule has 0 radical (unpaired) electrons. The predicted octanol–water partition coefficient (Wildman–Crippen LogP) is 1.36. The largest absolute Gasteiger partial charge is 0.366 e. The first-order valence-corrected chi connectivity index (χ1v) is 5.76. The van der Waals surface area contributed by atoms with E-state index in [2.05, 4.69) is 5.32 Å². The Hall–Kier alpha value is -1.59. The van der Waals surface area contributed by atoms with Gasteiger partial charge in [0, 0.05) is 12.2 Å². The third kappa shape index (κ3) is 3.21. The van der Waals surface area contributed by atoms with Crippen molar-refractivity contribution in [2.75, 3.05) is 11.9 Å². The lowest BCUT2D eigenvalue weighted by molar-refractivity contribution is -0.123. The third-order valence-electron chi connectivity index (χ3n) is 2.62. The van der Waals surface area contributed by atoms with Crippen LogP contribution in [0.5, 0.6) is 0 Å². The van der Waals surface area contributed by atoms with Crippen LogP contribution in [0.2, 0.25) is 5.02 Å². The van der Waals surface area contributed by atoms with E-state index in [1.54, 1.807) is 19.9 Å². The fraction of sp³-hybridized carbons (Fsp3) is 0.333. The molecule has 0 saturated carbocycles. The Bertz CT molecular complexity index is 486. The molecule has 0 aliphatic heterocycles. The van der Waals surface area contributed by atoms with E-state index in [1.165, 1.54) is 12.1 Å². The summed E-state index contributed by atoms with van der Waals surface area (Å²) in [6, 6.07) is 4.51. The van der Waals surface area contributed by atoms with Crippen LogP contribution in [0, 0.1) is 5.41 Å². The topological polar surface area (TPSA) is 98.2 Å². The van der Waals surface area contributed by atoms with Gasteiger partial charge in [-0.05, 0) is 32.0 Å². The van der Waals surface area contributed by atoms with E-state index in [0.29, 0.717) is 5.69 Å². The highest BCUT2D eigenvalue weighted by Crippen LogP contribution is 2.22.